The second-order valence-electron chi connectivity index (χ2n) is 5.49. The van der Waals surface area contributed by atoms with Crippen molar-refractivity contribution < 1.29 is 14.6 Å². The fraction of sp³-hybridized carbons (Fsp3) is 0.278. The first-order valence-corrected chi connectivity index (χ1v) is 7.42. The topological polar surface area (TPSA) is 58.6 Å². The average molecular weight is 297 g/mol. The molecule has 1 aliphatic carbocycles. The Bertz CT molecular complexity index is 696. The van der Waals surface area contributed by atoms with Gasteiger partial charge in [-0.15, -0.1) is 0 Å². The van der Waals surface area contributed by atoms with Crippen molar-refractivity contribution in [2.24, 2.45) is 0 Å². The van der Waals surface area contributed by atoms with Crippen molar-refractivity contribution in [3.05, 3.63) is 59.2 Å². The Labute approximate surface area is 129 Å². The van der Waals surface area contributed by atoms with Crippen LogP contribution in [0, 0.1) is 0 Å². The highest BCUT2D eigenvalue weighted by Crippen LogP contribution is 2.29. The Kier molecular flexibility index (Phi) is 4.11. The molecule has 114 valence electrons. The Morgan fingerprint density at radius 3 is 2.86 bits per heavy atom. The van der Waals surface area contributed by atoms with Crippen LogP contribution in [0.4, 0.5) is 5.69 Å². The number of nitrogens with one attached hydrogen (secondary N) is 1. The molecule has 0 aliphatic heterocycles. The van der Waals surface area contributed by atoms with Gasteiger partial charge in [0, 0.05) is 12.1 Å². The number of rotatable bonds is 3. The summed E-state index contributed by atoms with van der Waals surface area (Å²) in [7, 11) is 1.55. The Balaban J connectivity index is 1.89. The highest BCUT2D eigenvalue weighted by molar-refractivity contribution is 6.06. The van der Waals surface area contributed by atoms with Crippen LogP contribution in [-0.4, -0.2) is 24.2 Å². The summed E-state index contributed by atoms with van der Waals surface area (Å²) in [6.07, 6.45) is 1.86. The monoisotopic (exact) mass is 297 g/mol. The lowest BCUT2D eigenvalue weighted by atomic mass is 9.88. The summed E-state index contributed by atoms with van der Waals surface area (Å²) >= 11 is 0. The van der Waals surface area contributed by atoms with Crippen LogP contribution in [0.5, 0.6) is 5.75 Å². The lowest BCUT2D eigenvalue weighted by Crippen LogP contribution is -2.22. The SMILES string of the molecule is COc1ccccc1C(=O)Nc1cccc2c1C[C@H](O)CC2. The number of hydrogen-bond donors (Lipinski definition) is 2. The van der Waals surface area contributed by atoms with Gasteiger partial charge in [-0.05, 0) is 42.2 Å². The molecule has 0 heterocycles. The van der Waals surface area contributed by atoms with E-state index in [1.54, 1.807) is 19.2 Å². The maximum atomic E-state index is 12.5. The number of fused-ring (bicyclic) bond motifs is 1. The van der Waals surface area contributed by atoms with E-state index in [1.165, 1.54) is 5.56 Å². The molecule has 0 saturated carbocycles. The maximum Gasteiger partial charge on any atom is 0.259 e. The molecule has 2 aromatic rings. The van der Waals surface area contributed by atoms with Crippen LogP contribution in [0.25, 0.3) is 0 Å². The number of anilines is 1. The van der Waals surface area contributed by atoms with Crippen LogP contribution < -0.4 is 10.1 Å². The molecule has 0 unspecified atom stereocenters. The number of para-hydroxylation sites is 1. The van der Waals surface area contributed by atoms with Crippen LogP contribution in [0.2, 0.25) is 0 Å². The minimum atomic E-state index is -0.336. The number of carbonyl (C=O) groups excluding carboxylic acids is 1. The van der Waals surface area contributed by atoms with Gasteiger partial charge in [-0.2, -0.15) is 0 Å². The molecule has 2 aromatic carbocycles. The van der Waals surface area contributed by atoms with Gasteiger partial charge in [0.25, 0.3) is 5.91 Å². The fourth-order valence-corrected chi connectivity index (χ4v) is 2.91. The van der Waals surface area contributed by atoms with Gasteiger partial charge in [0.15, 0.2) is 0 Å². The Hall–Kier alpha value is -2.33. The minimum absolute atomic E-state index is 0.203. The predicted octanol–water partition coefficient (Wildman–Crippen LogP) is 2.80. The van der Waals surface area contributed by atoms with Crippen LogP contribution in [0.1, 0.15) is 27.9 Å². The molecule has 4 nitrogen and oxygen atoms in total. The molecule has 1 atom stereocenters. The number of benzene rings is 2. The van der Waals surface area contributed by atoms with Gasteiger partial charge in [0.05, 0.1) is 18.8 Å². The first-order valence-electron chi connectivity index (χ1n) is 7.42. The summed E-state index contributed by atoms with van der Waals surface area (Å²) in [6, 6.07) is 13.0. The number of carbonyl (C=O) groups is 1. The standard InChI is InChI=1S/C18H19NO3/c1-22-17-8-3-2-6-14(17)18(21)19-16-7-4-5-12-9-10-13(20)11-15(12)16/h2-8,13,20H,9-11H2,1H3,(H,19,21)/t13-/m1/s1. The zero-order valence-corrected chi connectivity index (χ0v) is 12.5. The molecule has 0 aromatic heterocycles. The number of aliphatic hydroxyl groups excluding tert-OH is 1. The predicted molar refractivity (Wildman–Crippen MR) is 85.4 cm³/mol. The van der Waals surface area contributed by atoms with Gasteiger partial charge in [-0.3, -0.25) is 4.79 Å². The third kappa shape index (κ3) is 2.83. The summed E-state index contributed by atoms with van der Waals surface area (Å²) in [5.74, 6) is 0.343. The first kappa shape index (κ1) is 14.6. The summed E-state index contributed by atoms with van der Waals surface area (Å²) in [5, 5.41) is 12.8. The molecule has 0 saturated heterocycles. The van der Waals surface area contributed by atoms with Gasteiger partial charge < -0.3 is 15.2 Å². The van der Waals surface area contributed by atoms with Crippen LogP contribution in [0.15, 0.2) is 42.5 Å². The van der Waals surface area contributed by atoms with E-state index >= 15 is 0 Å². The van der Waals surface area contributed by atoms with Gasteiger partial charge >= 0.3 is 0 Å². The highest BCUT2D eigenvalue weighted by atomic mass is 16.5. The van der Waals surface area contributed by atoms with E-state index in [9.17, 15) is 9.90 Å². The fourth-order valence-electron chi connectivity index (χ4n) is 2.91. The molecular formula is C18H19NO3. The van der Waals surface area contributed by atoms with E-state index in [4.69, 9.17) is 4.74 Å². The Morgan fingerprint density at radius 1 is 1.23 bits per heavy atom. The summed E-state index contributed by atoms with van der Waals surface area (Å²) in [4.78, 5) is 12.5. The van der Waals surface area contributed by atoms with E-state index in [-0.39, 0.29) is 12.0 Å². The minimum Gasteiger partial charge on any atom is -0.496 e. The van der Waals surface area contributed by atoms with E-state index in [1.807, 2.05) is 24.3 Å². The largest absolute Gasteiger partial charge is 0.496 e. The summed E-state index contributed by atoms with van der Waals surface area (Å²) < 4.78 is 5.23. The smallest absolute Gasteiger partial charge is 0.259 e. The van der Waals surface area contributed by atoms with Gasteiger partial charge in [-0.25, -0.2) is 0 Å². The molecular weight excluding hydrogens is 278 g/mol. The van der Waals surface area contributed by atoms with Crippen molar-refractivity contribution in [2.75, 3.05) is 12.4 Å². The van der Waals surface area contributed by atoms with Crippen molar-refractivity contribution >= 4 is 11.6 Å². The van der Waals surface area contributed by atoms with E-state index < -0.39 is 0 Å². The van der Waals surface area contributed by atoms with Crippen LogP contribution >= 0.6 is 0 Å². The number of ether oxygens (including phenoxy) is 1. The van der Waals surface area contributed by atoms with Crippen LogP contribution in [0.3, 0.4) is 0 Å². The summed E-state index contributed by atoms with van der Waals surface area (Å²) in [6.45, 7) is 0. The second kappa shape index (κ2) is 6.20. The molecule has 4 heteroatoms. The van der Waals surface area contributed by atoms with Crippen molar-refractivity contribution in [2.45, 2.75) is 25.4 Å². The number of amides is 1. The molecule has 0 bridgehead atoms. The van der Waals surface area contributed by atoms with Crippen molar-refractivity contribution in [1.82, 2.24) is 0 Å². The third-order valence-corrected chi connectivity index (χ3v) is 4.06. The molecule has 0 radical (unpaired) electrons. The van der Waals surface area contributed by atoms with Gasteiger partial charge in [0.1, 0.15) is 5.75 Å². The third-order valence-electron chi connectivity index (χ3n) is 4.06. The zero-order valence-electron chi connectivity index (χ0n) is 12.5. The number of aliphatic hydroxyl groups is 1. The molecule has 22 heavy (non-hydrogen) atoms. The lowest BCUT2D eigenvalue weighted by molar-refractivity contribution is 0.102. The van der Waals surface area contributed by atoms with Gasteiger partial charge in [0.2, 0.25) is 0 Å². The lowest BCUT2D eigenvalue weighted by Gasteiger charge is -2.23. The van der Waals surface area contributed by atoms with Crippen molar-refractivity contribution in [3.8, 4) is 5.75 Å². The second-order valence-corrected chi connectivity index (χ2v) is 5.49. The zero-order chi connectivity index (χ0) is 15.5. The molecule has 2 N–H and O–H groups in total. The molecule has 0 fully saturated rings. The van der Waals surface area contributed by atoms with Gasteiger partial charge in [-0.1, -0.05) is 24.3 Å². The summed E-state index contributed by atoms with van der Waals surface area (Å²) in [5.41, 5.74) is 3.50. The number of methoxy groups -OCH3 is 1. The molecule has 0 spiro atoms. The number of hydrogen-bond acceptors (Lipinski definition) is 3. The van der Waals surface area contributed by atoms with Crippen molar-refractivity contribution in [1.29, 1.82) is 0 Å². The normalized spacial score (nSPS) is 16.7. The molecule has 1 aliphatic rings. The highest BCUT2D eigenvalue weighted by Gasteiger charge is 2.20. The number of aryl methyl sites for hydroxylation is 1. The van der Waals surface area contributed by atoms with E-state index in [0.717, 1.165) is 24.1 Å². The quantitative estimate of drug-likeness (QED) is 0.916. The van der Waals surface area contributed by atoms with Crippen LogP contribution in [-0.2, 0) is 12.8 Å². The molecule has 3 rings (SSSR count). The Morgan fingerprint density at radius 2 is 2.05 bits per heavy atom. The van der Waals surface area contributed by atoms with Crippen molar-refractivity contribution in [3.63, 3.8) is 0 Å². The van der Waals surface area contributed by atoms with E-state index in [2.05, 4.69) is 11.4 Å². The first-order chi connectivity index (χ1) is 10.7. The van der Waals surface area contributed by atoms with E-state index in [0.29, 0.717) is 17.7 Å². The maximum absolute atomic E-state index is 12.5. The average Bonchev–Trinajstić information content (AvgIpc) is 2.55. The molecule has 1 amide bonds.